The van der Waals surface area contributed by atoms with E-state index in [2.05, 4.69) is 4.98 Å². The summed E-state index contributed by atoms with van der Waals surface area (Å²) < 4.78 is 0. The van der Waals surface area contributed by atoms with Gasteiger partial charge in [-0.1, -0.05) is 0 Å². The number of aliphatic carboxylic acids is 1. The molecule has 66 valence electrons. The minimum Gasteiger partial charge on any atom is -0.481 e. The standard InChI is InChI=1S/C9H7NO2S/c11-8(12)4-6-3-7-1-2-13-9(7)10-5-6/h1-3,5H,4H2,(H,11,12). The number of hydrogen-bond donors (Lipinski definition) is 1. The van der Waals surface area contributed by atoms with Crippen LogP contribution in [0.3, 0.4) is 0 Å². The Morgan fingerprint density at radius 3 is 3.23 bits per heavy atom. The first-order valence-corrected chi connectivity index (χ1v) is 4.67. The third kappa shape index (κ3) is 1.67. The highest BCUT2D eigenvalue weighted by Gasteiger charge is 2.02. The lowest BCUT2D eigenvalue weighted by atomic mass is 10.2. The summed E-state index contributed by atoms with van der Waals surface area (Å²) in [4.78, 5) is 15.5. The molecule has 0 aliphatic rings. The number of pyridine rings is 1. The van der Waals surface area contributed by atoms with Crippen molar-refractivity contribution in [3.63, 3.8) is 0 Å². The molecule has 0 bridgehead atoms. The smallest absolute Gasteiger partial charge is 0.307 e. The fourth-order valence-electron chi connectivity index (χ4n) is 1.18. The summed E-state index contributed by atoms with van der Waals surface area (Å²) in [5.41, 5.74) is 0.749. The van der Waals surface area contributed by atoms with Crippen molar-refractivity contribution in [2.24, 2.45) is 0 Å². The van der Waals surface area contributed by atoms with Crippen LogP contribution in [0.5, 0.6) is 0 Å². The van der Waals surface area contributed by atoms with Crippen molar-refractivity contribution in [3.8, 4) is 0 Å². The van der Waals surface area contributed by atoms with Crippen molar-refractivity contribution in [3.05, 3.63) is 29.3 Å². The highest BCUT2D eigenvalue weighted by atomic mass is 32.1. The van der Waals surface area contributed by atoms with E-state index in [9.17, 15) is 4.79 Å². The number of carboxylic acids is 1. The van der Waals surface area contributed by atoms with Gasteiger partial charge in [0.25, 0.3) is 0 Å². The molecule has 0 aliphatic heterocycles. The molecule has 1 N–H and O–H groups in total. The second-order valence-corrected chi connectivity index (χ2v) is 3.62. The van der Waals surface area contributed by atoms with Gasteiger partial charge >= 0.3 is 5.97 Å². The molecule has 2 aromatic rings. The van der Waals surface area contributed by atoms with Crippen LogP contribution in [0.15, 0.2) is 23.7 Å². The first kappa shape index (κ1) is 8.19. The van der Waals surface area contributed by atoms with Crippen molar-refractivity contribution in [2.45, 2.75) is 6.42 Å². The fourth-order valence-corrected chi connectivity index (χ4v) is 1.90. The highest BCUT2D eigenvalue weighted by Crippen LogP contribution is 2.18. The van der Waals surface area contributed by atoms with Gasteiger partial charge in [0.2, 0.25) is 0 Å². The van der Waals surface area contributed by atoms with Gasteiger partial charge in [0, 0.05) is 11.6 Å². The van der Waals surface area contributed by atoms with Crippen LogP contribution in [0.1, 0.15) is 5.56 Å². The SMILES string of the molecule is O=C(O)Cc1cnc2sccc2c1. The van der Waals surface area contributed by atoms with Crippen LogP contribution in [0.2, 0.25) is 0 Å². The molecule has 13 heavy (non-hydrogen) atoms. The van der Waals surface area contributed by atoms with Gasteiger partial charge in [-0.3, -0.25) is 4.79 Å². The summed E-state index contributed by atoms with van der Waals surface area (Å²) in [7, 11) is 0. The summed E-state index contributed by atoms with van der Waals surface area (Å²) >= 11 is 1.56. The largest absolute Gasteiger partial charge is 0.481 e. The molecular formula is C9H7NO2S. The average Bonchev–Trinajstić information content (AvgIpc) is 2.49. The van der Waals surface area contributed by atoms with Gasteiger partial charge in [0.15, 0.2) is 0 Å². The molecule has 0 fully saturated rings. The third-order valence-electron chi connectivity index (χ3n) is 1.72. The quantitative estimate of drug-likeness (QED) is 0.792. The minimum absolute atomic E-state index is 0.0405. The van der Waals surface area contributed by atoms with Gasteiger partial charge in [-0.05, 0) is 23.1 Å². The van der Waals surface area contributed by atoms with Gasteiger partial charge < -0.3 is 5.11 Å². The van der Waals surface area contributed by atoms with Crippen LogP contribution in [0.25, 0.3) is 10.2 Å². The number of aromatic nitrogens is 1. The molecular weight excluding hydrogens is 186 g/mol. The topological polar surface area (TPSA) is 50.2 Å². The zero-order valence-electron chi connectivity index (χ0n) is 6.73. The van der Waals surface area contributed by atoms with Crippen molar-refractivity contribution in [1.29, 1.82) is 0 Å². The normalized spacial score (nSPS) is 10.5. The van der Waals surface area contributed by atoms with Gasteiger partial charge in [0.05, 0.1) is 6.42 Å². The molecule has 0 saturated carbocycles. The van der Waals surface area contributed by atoms with Crippen LogP contribution in [0, 0.1) is 0 Å². The maximum Gasteiger partial charge on any atom is 0.307 e. The Balaban J connectivity index is 2.42. The van der Waals surface area contributed by atoms with Crippen LogP contribution in [-0.2, 0) is 11.2 Å². The maximum absolute atomic E-state index is 10.4. The Bertz CT molecular complexity index is 450. The summed E-state index contributed by atoms with van der Waals surface area (Å²) in [6.07, 6.45) is 1.66. The van der Waals surface area contributed by atoms with E-state index in [-0.39, 0.29) is 6.42 Å². The molecule has 0 radical (unpaired) electrons. The summed E-state index contributed by atoms with van der Waals surface area (Å²) in [5.74, 6) is -0.823. The monoisotopic (exact) mass is 193 g/mol. The molecule has 4 heteroatoms. The maximum atomic E-state index is 10.4. The zero-order chi connectivity index (χ0) is 9.26. The number of carbonyl (C=O) groups is 1. The predicted octanol–water partition coefficient (Wildman–Crippen LogP) is 1.92. The van der Waals surface area contributed by atoms with Gasteiger partial charge in [-0.15, -0.1) is 11.3 Å². The Labute approximate surface area is 78.7 Å². The van der Waals surface area contributed by atoms with Crippen molar-refractivity contribution in [2.75, 3.05) is 0 Å². The highest BCUT2D eigenvalue weighted by molar-refractivity contribution is 7.16. The predicted molar refractivity (Wildman–Crippen MR) is 51.0 cm³/mol. The van der Waals surface area contributed by atoms with Gasteiger partial charge in [-0.25, -0.2) is 4.98 Å². The molecule has 3 nitrogen and oxygen atoms in total. The second-order valence-electron chi connectivity index (χ2n) is 2.73. The Hall–Kier alpha value is -1.42. The van der Waals surface area contributed by atoms with Crippen molar-refractivity contribution < 1.29 is 9.90 Å². The van der Waals surface area contributed by atoms with Crippen molar-refractivity contribution in [1.82, 2.24) is 4.98 Å². The summed E-state index contributed by atoms with van der Waals surface area (Å²) in [6, 6.07) is 3.81. The van der Waals surface area contributed by atoms with E-state index in [1.807, 2.05) is 17.5 Å². The molecule has 0 amide bonds. The van der Waals surface area contributed by atoms with E-state index in [1.54, 1.807) is 17.5 Å². The van der Waals surface area contributed by atoms with E-state index in [1.165, 1.54) is 0 Å². The molecule has 0 atom stereocenters. The zero-order valence-corrected chi connectivity index (χ0v) is 7.54. The Morgan fingerprint density at radius 2 is 2.46 bits per heavy atom. The van der Waals surface area contributed by atoms with Crippen molar-refractivity contribution >= 4 is 27.5 Å². The van der Waals surface area contributed by atoms with E-state index >= 15 is 0 Å². The number of hydrogen-bond acceptors (Lipinski definition) is 3. The molecule has 0 spiro atoms. The van der Waals surface area contributed by atoms with E-state index < -0.39 is 5.97 Å². The molecule has 0 aliphatic carbocycles. The van der Waals surface area contributed by atoms with Gasteiger partial charge in [-0.2, -0.15) is 0 Å². The van der Waals surface area contributed by atoms with Crippen LogP contribution in [-0.4, -0.2) is 16.1 Å². The molecule has 0 aromatic carbocycles. The first-order chi connectivity index (χ1) is 6.25. The van der Waals surface area contributed by atoms with Gasteiger partial charge in [0.1, 0.15) is 4.83 Å². The lowest BCUT2D eigenvalue weighted by molar-refractivity contribution is -0.136. The molecule has 2 heterocycles. The Morgan fingerprint density at radius 1 is 1.62 bits per heavy atom. The average molecular weight is 193 g/mol. The second kappa shape index (κ2) is 3.14. The van der Waals surface area contributed by atoms with E-state index in [0.717, 1.165) is 15.8 Å². The fraction of sp³-hybridized carbons (Fsp3) is 0.111. The number of thiophene rings is 1. The molecule has 2 aromatic heterocycles. The number of rotatable bonds is 2. The summed E-state index contributed by atoms with van der Waals surface area (Å²) in [5, 5.41) is 11.5. The number of carboxylic acid groups (broad SMARTS) is 1. The molecule has 0 saturated heterocycles. The number of nitrogens with zero attached hydrogens (tertiary/aromatic N) is 1. The lowest BCUT2D eigenvalue weighted by Gasteiger charge is -1.95. The Kier molecular flexibility index (Phi) is 1.98. The lowest BCUT2D eigenvalue weighted by Crippen LogP contribution is -1.99. The third-order valence-corrected chi connectivity index (χ3v) is 2.55. The number of fused-ring (bicyclic) bond motifs is 1. The molecule has 2 rings (SSSR count). The first-order valence-electron chi connectivity index (χ1n) is 3.79. The van der Waals surface area contributed by atoms with Crippen LogP contribution >= 0.6 is 11.3 Å². The van der Waals surface area contributed by atoms with Crippen LogP contribution < -0.4 is 0 Å². The summed E-state index contributed by atoms with van der Waals surface area (Å²) in [6.45, 7) is 0. The molecule has 0 unspecified atom stereocenters. The van der Waals surface area contributed by atoms with Crippen LogP contribution in [0.4, 0.5) is 0 Å². The minimum atomic E-state index is -0.823. The van der Waals surface area contributed by atoms with E-state index in [0.29, 0.717) is 0 Å². The van der Waals surface area contributed by atoms with E-state index in [4.69, 9.17) is 5.11 Å².